The number of carbonyl (C=O) groups excluding carboxylic acids is 1. The third kappa shape index (κ3) is 4.57. The van der Waals surface area contributed by atoms with Gasteiger partial charge in [-0.25, -0.2) is 9.78 Å². The van der Waals surface area contributed by atoms with Crippen molar-refractivity contribution in [2.75, 3.05) is 5.43 Å². The van der Waals surface area contributed by atoms with Gasteiger partial charge in [-0.3, -0.25) is 20.6 Å². The summed E-state index contributed by atoms with van der Waals surface area (Å²) in [6.07, 6.45) is -0.153. The number of fused-ring (bicyclic) bond motifs is 1. The molecule has 152 valence electrons. The number of carbonyl (C=O) groups is 2. The molecule has 2 amide bonds. The zero-order chi connectivity index (χ0) is 21.8. The number of nitrogens with zero attached hydrogens (tertiary/aromatic N) is 4. The van der Waals surface area contributed by atoms with Crippen LogP contribution in [0.2, 0.25) is 10.0 Å². The van der Waals surface area contributed by atoms with E-state index >= 15 is 0 Å². The molecule has 0 bridgehead atoms. The van der Waals surface area contributed by atoms with Crippen LogP contribution in [0.1, 0.15) is 5.69 Å². The van der Waals surface area contributed by atoms with Crippen molar-refractivity contribution >= 4 is 57.6 Å². The number of hydrazone groups is 1. The predicted molar refractivity (Wildman–Crippen MR) is 108 cm³/mol. The highest BCUT2D eigenvalue weighted by molar-refractivity contribution is 6.46. The number of aromatic amines is 1. The Hall–Kier alpha value is -3.88. The number of pyridine rings is 1. The maximum absolute atomic E-state index is 11.5. The number of hydrogen-bond acceptors (Lipinski definition) is 8. The van der Waals surface area contributed by atoms with Gasteiger partial charge >= 0.3 is 6.09 Å². The maximum Gasteiger partial charge on any atom is 0.411 e. The number of ether oxygens (including phenoxy) is 1. The number of rotatable bonds is 5. The number of amides is 2. The molecule has 0 saturated carbocycles. The number of carboxylic acid groups (broad SMARTS) is 1. The zero-order valence-corrected chi connectivity index (χ0v) is 16.5. The van der Waals surface area contributed by atoms with E-state index in [2.05, 4.69) is 25.7 Å². The summed E-state index contributed by atoms with van der Waals surface area (Å²) >= 11 is 12.5. The van der Waals surface area contributed by atoms with Gasteiger partial charge in [0.25, 0.3) is 5.91 Å². The number of nitrogens with one attached hydrogen (secondary N) is 3. The van der Waals surface area contributed by atoms with Crippen LogP contribution in [0.15, 0.2) is 29.5 Å². The number of aryl methyl sites for hydroxylation is 1. The van der Waals surface area contributed by atoms with Gasteiger partial charge < -0.3 is 9.84 Å². The average molecular weight is 448 g/mol. The van der Waals surface area contributed by atoms with Crippen LogP contribution in [0.3, 0.4) is 0 Å². The van der Waals surface area contributed by atoms with Crippen LogP contribution >= 0.6 is 23.2 Å². The lowest BCUT2D eigenvalue weighted by molar-refractivity contribution is -0.114. The zero-order valence-electron chi connectivity index (χ0n) is 15.0. The second-order valence-corrected chi connectivity index (χ2v) is 6.52. The lowest BCUT2D eigenvalue weighted by Gasteiger charge is -2.11. The van der Waals surface area contributed by atoms with Crippen LogP contribution in [-0.4, -0.2) is 38.0 Å². The lowest BCUT2D eigenvalue weighted by atomic mass is 10.2. The quantitative estimate of drug-likeness (QED) is 0.340. The van der Waals surface area contributed by atoms with Crippen molar-refractivity contribution in [1.29, 1.82) is 5.26 Å². The number of halogens is 2. The van der Waals surface area contributed by atoms with E-state index in [4.69, 9.17) is 38.3 Å². The number of anilines is 1. The second-order valence-electron chi connectivity index (χ2n) is 5.71. The lowest BCUT2D eigenvalue weighted by Crippen LogP contribution is -2.34. The average Bonchev–Trinajstić information content (AvgIpc) is 3.05. The molecule has 4 N–H and O–H groups in total. The van der Waals surface area contributed by atoms with Crippen LogP contribution in [0, 0.1) is 18.3 Å². The number of H-pyrrole nitrogens is 1. The van der Waals surface area contributed by atoms with Crippen molar-refractivity contribution in [2.45, 2.75) is 6.92 Å². The largest absolute Gasteiger partial charge is 0.465 e. The number of aromatic nitrogens is 3. The van der Waals surface area contributed by atoms with E-state index in [9.17, 15) is 9.59 Å². The highest BCUT2D eigenvalue weighted by Crippen LogP contribution is 2.39. The van der Waals surface area contributed by atoms with E-state index in [1.165, 1.54) is 29.7 Å². The molecule has 0 unspecified atom stereocenters. The van der Waals surface area contributed by atoms with E-state index in [-0.39, 0.29) is 21.5 Å². The van der Waals surface area contributed by atoms with Crippen LogP contribution in [0.5, 0.6) is 11.5 Å². The molecule has 1 aromatic carbocycles. The van der Waals surface area contributed by atoms with Crippen molar-refractivity contribution in [1.82, 2.24) is 20.5 Å². The van der Waals surface area contributed by atoms with Crippen LogP contribution < -0.4 is 15.5 Å². The highest BCUT2D eigenvalue weighted by Gasteiger charge is 2.15. The van der Waals surface area contributed by atoms with Crippen LogP contribution in [0.25, 0.3) is 11.0 Å². The Bertz CT molecular complexity index is 1210. The first-order valence-electron chi connectivity index (χ1n) is 8.04. The van der Waals surface area contributed by atoms with E-state index in [1.54, 1.807) is 6.07 Å². The summed E-state index contributed by atoms with van der Waals surface area (Å²) < 4.78 is 5.74. The Labute approximate surface area is 178 Å². The fraction of sp³-hybridized carbons (Fsp3) is 0.0588. The van der Waals surface area contributed by atoms with Gasteiger partial charge in [0.15, 0.2) is 11.4 Å². The first-order chi connectivity index (χ1) is 14.3. The second kappa shape index (κ2) is 8.64. The maximum atomic E-state index is 11.5. The molecule has 0 atom stereocenters. The summed E-state index contributed by atoms with van der Waals surface area (Å²) in [5.74, 6) is -0.655. The minimum absolute atomic E-state index is 0.109. The van der Waals surface area contributed by atoms with Crippen LogP contribution in [0.4, 0.5) is 10.5 Å². The summed E-state index contributed by atoms with van der Waals surface area (Å²) in [6, 6.07) is 5.99. The summed E-state index contributed by atoms with van der Waals surface area (Å²) in [4.78, 5) is 26.2. The minimum atomic E-state index is -1.62. The van der Waals surface area contributed by atoms with Gasteiger partial charge in [-0.15, -0.1) is 0 Å². The fourth-order valence-electron chi connectivity index (χ4n) is 2.30. The van der Waals surface area contributed by atoms with Gasteiger partial charge in [-0.05, 0) is 25.1 Å². The molecular formula is C17H11Cl2N7O4. The van der Waals surface area contributed by atoms with E-state index in [1.807, 2.05) is 6.92 Å². The molecule has 0 aliphatic heterocycles. The number of benzene rings is 1. The van der Waals surface area contributed by atoms with Gasteiger partial charge in [-0.2, -0.15) is 15.5 Å². The SMILES string of the molecule is Cc1[nH]nc2ncc(Oc3c(Cl)cc(NN=C(C#N)C(=O)NC(=O)O)cc3Cl)cc12. The molecule has 2 heterocycles. The molecule has 13 heteroatoms. The Morgan fingerprint density at radius 3 is 2.63 bits per heavy atom. The van der Waals surface area contributed by atoms with Gasteiger partial charge in [0, 0.05) is 11.1 Å². The first kappa shape index (κ1) is 20.8. The molecule has 0 fully saturated rings. The number of imide groups is 1. The molecule has 0 aliphatic carbocycles. The molecule has 30 heavy (non-hydrogen) atoms. The Balaban J connectivity index is 1.81. The Morgan fingerprint density at radius 2 is 2.00 bits per heavy atom. The summed E-state index contributed by atoms with van der Waals surface area (Å²) in [7, 11) is 0. The Morgan fingerprint density at radius 1 is 1.30 bits per heavy atom. The van der Waals surface area contributed by atoms with E-state index < -0.39 is 17.7 Å². The van der Waals surface area contributed by atoms with Gasteiger partial charge in [-0.1, -0.05) is 23.2 Å². The third-order valence-corrected chi connectivity index (χ3v) is 4.19. The standard InChI is InChI=1S/C17H11Cl2N7O4/c1-7-10-4-9(6-21-15(10)26-23-7)30-14-11(18)2-8(3-12(14)19)24-25-13(5-20)16(27)22-17(28)29/h2-4,6,24H,1H3,(H,22,27)(H,28,29)(H,21,23,26). The van der Waals surface area contributed by atoms with Gasteiger partial charge in [0.05, 0.1) is 21.9 Å². The molecule has 3 rings (SSSR count). The summed E-state index contributed by atoms with van der Waals surface area (Å²) in [5.41, 5.74) is 3.29. The Kier molecular flexibility index (Phi) is 6.01. The molecule has 0 radical (unpaired) electrons. The smallest absolute Gasteiger partial charge is 0.411 e. The minimum Gasteiger partial charge on any atom is -0.465 e. The van der Waals surface area contributed by atoms with Crippen molar-refractivity contribution in [3.05, 3.63) is 40.1 Å². The molecule has 2 aromatic heterocycles. The van der Waals surface area contributed by atoms with E-state index in [0.717, 1.165) is 11.1 Å². The van der Waals surface area contributed by atoms with Crippen molar-refractivity contribution < 1.29 is 19.4 Å². The van der Waals surface area contributed by atoms with Crippen molar-refractivity contribution in [2.24, 2.45) is 5.10 Å². The topological polar surface area (TPSA) is 165 Å². The van der Waals surface area contributed by atoms with Crippen molar-refractivity contribution in [3.8, 4) is 17.6 Å². The monoisotopic (exact) mass is 447 g/mol. The number of hydrogen-bond donors (Lipinski definition) is 4. The molecule has 11 nitrogen and oxygen atoms in total. The molecule has 0 saturated heterocycles. The van der Waals surface area contributed by atoms with Gasteiger partial charge in [0.1, 0.15) is 11.8 Å². The normalized spacial score (nSPS) is 11.1. The fourth-order valence-corrected chi connectivity index (χ4v) is 2.86. The summed E-state index contributed by atoms with van der Waals surface area (Å²) in [5, 5.41) is 30.3. The van der Waals surface area contributed by atoms with Crippen LogP contribution in [-0.2, 0) is 4.79 Å². The van der Waals surface area contributed by atoms with Crippen molar-refractivity contribution in [3.63, 3.8) is 0 Å². The first-order valence-corrected chi connectivity index (χ1v) is 8.79. The molecular weight excluding hydrogens is 437 g/mol. The van der Waals surface area contributed by atoms with Gasteiger partial charge in [0.2, 0.25) is 5.71 Å². The predicted octanol–water partition coefficient (Wildman–Crippen LogP) is 3.45. The molecule has 0 aliphatic rings. The molecule has 3 aromatic rings. The highest BCUT2D eigenvalue weighted by atomic mass is 35.5. The number of nitriles is 1. The third-order valence-electron chi connectivity index (χ3n) is 3.63. The van der Waals surface area contributed by atoms with E-state index in [0.29, 0.717) is 11.4 Å². The molecule has 0 spiro atoms. The summed E-state index contributed by atoms with van der Waals surface area (Å²) in [6.45, 7) is 1.84.